The molecule has 6 heteroatoms. The van der Waals surface area contributed by atoms with Gasteiger partial charge < -0.3 is 14.2 Å². The van der Waals surface area contributed by atoms with E-state index in [9.17, 15) is 14.4 Å². The lowest BCUT2D eigenvalue weighted by molar-refractivity contribution is -0.167. The van der Waals surface area contributed by atoms with Crippen molar-refractivity contribution in [3.8, 4) is 0 Å². The molecule has 1 atom stereocenters. The molecule has 426 valence electrons. The van der Waals surface area contributed by atoms with Crippen LogP contribution in [0.4, 0.5) is 0 Å². The monoisotopic (exact) mass is 1010 g/mol. The van der Waals surface area contributed by atoms with Crippen LogP contribution in [0.25, 0.3) is 0 Å². The molecule has 6 nitrogen and oxygen atoms in total. The number of hydrogen-bond acceptors (Lipinski definition) is 6. The third-order valence-electron chi connectivity index (χ3n) is 15.0. The highest BCUT2D eigenvalue weighted by Crippen LogP contribution is 2.18. The average Bonchev–Trinajstić information content (AvgIpc) is 3.38. The molecule has 0 fully saturated rings. The Balaban J connectivity index is 4.30. The van der Waals surface area contributed by atoms with Crippen molar-refractivity contribution in [2.75, 3.05) is 13.2 Å². The molecule has 0 heterocycles. The van der Waals surface area contributed by atoms with E-state index in [-0.39, 0.29) is 31.1 Å². The summed E-state index contributed by atoms with van der Waals surface area (Å²) in [6, 6.07) is 0. The van der Waals surface area contributed by atoms with E-state index in [0.717, 1.165) is 64.2 Å². The van der Waals surface area contributed by atoms with Crippen molar-refractivity contribution in [2.45, 2.75) is 380 Å². The summed E-state index contributed by atoms with van der Waals surface area (Å²) in [6.07, 6.45) is 72.2. The van der Waals surface area contributed by atoms with Crippen LogP contribution >= 0.6 is 0 Å². The summed E-state index contributed by atoms with van der Waals surface area (Å²) in [5, 5.41) is 0. The molecule has 0 aliphatic heterocycles. The van der Waals surface area contributed by atoms with Crippen molar-refractivity contribution in [3.63, 3.8) is 0 Å². The summed E-state index contributed by atoms with van der Waals surface area (Å²) < 4.78 is 17.0. The first-order chi connectivity index (χ1) is 35.5. The largest absolute Gasteiger partial charge is 0.462 e. The lowest BCUT2D eigenvalue weighted by Gasteiger charge is -2.18. The first-order valence-corrected chi connectivity index (χ1v) is 32.7. The zero-order chi connectivity index (χ0) is 52.2. The van der Waals surface area contributed by atoms with Gasteiger partial charge in [-0.1, -0.05) is 322 Å². The smallest absolute Gasteiger partial charge is 0.306 e. The van der Waals surface area contributed by atoms with Gasteiger partial charge in [0.25, 0.3) is 0 Å². The van der Waals surface area contributed by atoms with Gasteiger partial charge in [-0.3, -0.25) is 14.4 Å². The van der Waals surface area contributed by atoms with E-state index in [1.54, 1.807) is 0 Å². The van der Waals surface area contributed by atoms with Gasteiger partial charge in [-0.15, -0.1) is 0 Å². The van der Waals surface area contributed by atoms with Crippen molar-refractivity contribution in [1.29, 1.82) is 0 Å². The zero-order valence-corrected chi connectivity index (χ0v) is 49.0. The maximum absolute atomic E-state index is 12.9. The highest BCUT2D eigenvalue weighted by molar-refractivity contribution is 5.71. The van der Waals surface area contributed by atoms with Crippen LogP contribution in [0.3, 0.4) is 0 Å². The van der Waals surface area contributed by atoms with E-state index in [4.69, 9.17) is 14.2 Å². The molecule has 0 aliphatic rings. The number of carbonyl (C=O) groups is 3. The number of unbranched alkanes of at least 4 members (excludes halogenated alkanes) is 48. The Hall–Kier alpha value is -1.85. The highest BCUT2D eigenvalue weighted by Gasteiger charge is 2.19. The first kappa shape index (κ1) is 70.1. The van der Waals surface area contributed by atoms with Gasteiger partial charge >= 0.3 is 17.9 Å². The molecule has 0 rings (SSSR count). The fourth-order valence-electron chi connectivity index (χ4n) is 10.1. The summed E-state index contributed by atoms with van der Waals surface area (Å²) >= 11 is 0. The van der Waals surface area contributed by atoms with E-state index in [0.29, 0.717) is 19.3 Å². The SMILES string of the molecule is CCCCCCCCC/C=C\CCCCCCCC(=O)OC[C@H](COC(=O)CCCCCCCCCCCCCCCCCCCCC)OC(=O)CCCCCCCCCCCCCCCCCCCCC. The maximum Gasteiger partial charge on any atom is 0.306 e. The molecule has 0 N–H and O–H groups in total. The molecule has 0 aromatic carbocycles. The third kappa shape index (κ3) is 59.0. The molecular formula is C66H126O6. The molecule has 0 saturated carbocycles. The van der Waals surface area contributed by atoms with E-state index >= 15 is 0 Å². The summed E-state index contributed by atoms with van der Waals surface area (Å²) in [7, 11) is 0. The lowest BCUT2D eigenvalue weighted by atomic mass is 10.0. The number of carbonyl (C=O) groups excluding carboxylic acids is 3. The molecule has 72 heavy (non-hydrogen) atoms. The van der Waals surface area contributed by atoms with Gasteiger partial charge in [-0.05, 0) is 44.9 Å². The number of rotatable bonds is 61. The van der Waals surface area contributed by atoms with Crippen LogP contribution in [-0.4, -0.2) is 37.2 Å². The predicted molar refractivity (Wildman–Crippen MR) is 312 cm³/mol. The number of hydrogen-bond donors (Lipinski definition) is 0. The van der Waals surface area contributed by atoms with Crippen LogP contribution in [0.5, 0.6) is 0 Å². The van der Waals surface area contributed by atoms with Gasteiger partial charge in [0.1, 0.15) is 13.2 Å². The number of ether oxygens (including phenoxy) is 3. The maximum atomic E-state index is 12.9. The fraction of sp³-hybridized carbons (Fsp3) is 0.924. The highest BCUT2D eigenvalue weighted by atomic mass is 16.6. The quantitative estimate of drug-likeness (QED) is 0.0261. The van der Waals surface area contributed by atoms with Crippen molar-refractivity contribution in [3.05, 3.63) is 12.2 Å². The normalized spacial score (nSPS) is 12.0. The molecule has 0 aliphatic carbocycles. The van der Waals surface area contributed by atoms with Gasteiger partial charge in [0.05, 0.1) is 0 Å². The second-order valence-electron chi connectivity index (χ2n) is 22.4. The van der Waals surface area contributed by atoms with Crippen LogP contribution in [0.2, 0.25) is 0 Å². The molecule has 0 bridgehead atoms. The Bertz CT molecular complexity index is 1120. The van der Waals surface area contributed by atoms with Crippen LogP contribution in [0.1, 0.15) is 374 Å². The topological polar surface area (TPSA) is 78.9 Å². The Morgan fingerprint density at radius 2 is 0.458 bits per heavy atom. The van der Waals surface area contributed by atoms with Crippen LogP contribution in [-0.2, 0) is 28.6 Å². The van der Waals surface area contributed by atoms with Gasteiger partial charge in [-0.25, -0.2) is 0 Å². The van der Waals surface area contributed by atoms with Gasteiger partial charge in [0.2, 0.25) is 0 Å². The summed E-state index contributed by atoms with van der Waals surface area (Å²) in [5.74, 6) is -0.842. The van der Waals surface area contributed by atoms with Crippen molar-refractivity contribution >= 4 is 17.9 Å². The molecule has 0 aromatic rings. The van der Waals surface area contributed by atoms with E-state index < -0.39 is 6.10 Å². The number of esters is 3. The second-order valence-corrected chi connectivity index (χ2v) is 22.4. The van der Waals surface area contributed by atoms with E-state index in [1.807, 2.05) is 0 Å². The minimum atomic E-state index is -0.769. The summed E-state index contributed by atoms with van der Waals surface area (Å²) in [4.78, 5) is 38.3. The summed E-state index contributed by atoms with van der Waals surface area (Å²) in [6.45, 7) is 6.71. The Morgan fingerprint density at radius 3 is 0.694 bits per heavy atom. The predicted octanol–water partition coefficient (Wildman–Crippen LogP) is 22.1. The average molecular weight is 1020 g/mol. The lowest BCUT2D eigenvalue weighted by Crippen LogP contribution is -2.30. The van der Waals surface area contributed by atoms with Gasteiger partial charge in [0, 0.05) is 19.3 Å². The molecule has 0 unspecified atom stereocenters. The molecule has 0 saturated heterocycles. The molecule has 0 radical (unpaired) electrons. The molecular weight excluding hydrogens is 889 g/mol. The van der Waals surface area contributed by atoms with Crippen LogP contribution < -0.4 is 0 Å². The van der Waals surface area contributed by atoms with Crippen LogP contribution in [0.15, 0.2) is 12.2 Å². The molecule has 0 amide bonds. The Kier molecular flexibility index (Phi) is 60.1. The Labute approximate surface area is 450 Å². The van der Waals surface area contributed by atoms with E-state index in [1.165, 1.54) is 270 Å². The third-order valence-corrected chi connectivity index (χ3v) is 15.0. The minimum absolute atomic E-state index is 0.0658. The minimum Gasteiger partial charge on any atom is -0.462 e. The Morgan fingerprint density at radius 1 is 0.264 bits per heavy atom. The zero-order valence-electron chi connectivity index (χ0n) is 49.0. The van der Waals surface area contributed by atoms with E-state index in [2.05, 4.69) is 32.9 Å². The summed E-state index contributed by atoms with van der Waals surface area (Å²) in [5.41, 5.74) is 0. The first-order valence-electron chi connectivity index (χ1n) is 32.7. The van der Waals surface area contributed by atoms with Gasteiger partial charge in [-0.2, -0.15) is 0 Å². The molecule has 0 aromatic heterocycles. The van der Waals surface area contributed by atoms with Crippen molar-refractivity contribution < 1.29 is 28.6 Å². The van der Waals surface area contributed by atoms with Crippen molar-refractivity contribution in [1.82, 2.24) is 0 Å². The van der Waals surface area contributed by atoms with Crippen molar-refractivity contribution in [2.24, 2.45) is 0 Å². The van der Waals surface area contributed by atoms with Crippen LogP contribution in [0, 0.1) is 0 Å². The second kappa shape index (κ2) is 61.7. The standard InChI is InChI=1S/C66H126O6/c1-4-7-10-13-16-19-22-25-28-31-33-35-38-41-44-47-50-53-56-59-65(68)71-62-63(61-70-64(67)58-55-52-49-46-43-40-37-30-27-24-21-18-15-12-9-6-3)72-66(69)60-57-54-51-48-45-42-39-36-34-32-29-26-23-20-17-14-11-8-5-2/h30,37,63H,4-29,31-36,38-62H2,1-3H3/b37-30-/t63-/m1/s1. The number of allylic oxidation sites excluding steroid dienone is 2. The fourth-order valence-corrected chi connectivity index (χ4v) is 10.1. The molecule has 0 spiro atoms. The van der Waals surface area contributed by atoms with Gasteiger partial charge in [0.15, 0.2) is 6.10 Å².